The molecule has 14 heavy (non-hydrogen) atoms. The van der Waals surface area contributed by atoms with Crippen LogP contribution in [0.2, 0.25) is 0 Å². The van der Waals surface area contributed by atoms with Crippen LogP contribution < -0.4 is 0 Å². The molecule has 0 amide bonds. The number of piperidine rings is 1. The van der Waals surface area contributed by atoms with Gasteiger partial charge in [-0.3, -0.25) is 9.80 Å². The molecule has 0 N–H and O–H groups in total. The zero-order valence-electron chi connectivity index (χ0n) is 9.71. The highest BCUT2D eigenvalue weighted by Gasteiger charge is 2.27. The van der Waals surface area contributed by atoms with E-state index in [9.17, 15) is 0 Å². The van der Waals surface area contributed by atoms with Crippen molar-refractivity contribution in [3.05, 3.63) is 0 Å². The van der Waals surface area contributed by atoms with E-state index in [-0.39, 0.29) is 0 Å². The fourth-order valence-electron chi connectivity index (χ4n) is 2.87. The van der Waals surface area contributed by atoms with E-state index in [4.69, 9.17) is 0 Å². The Hall–Kier alpha value is -0.0800. The lowest BCUT2D eigenvalue weighted by atomic mass is 10.0. The van der Waals surface area contributed by atoms with Gasteiger partial charge in [0.2, 0.25) is 0 Å². The van der Waals surface area contributed by atoms with Crippen LogP contribution in [0.5, 0.6) is 0 Å². The maximum atomic E-state index is 2.73. The molecule has 0 aliphatic carbocycles. The lowest BCUT2D eigenvalue weighted by molar-refractivity contribution is 0.126. The van der Waals surface area contributed by atoms with Crippen molar-refractivity contribution in [3.63, 3.8) is 0 Å². The largest absolute Gasteiger partial charge is 0.299 e. The average molecular weight is 196 g/mol. The molecule has 2 aliphatic heterocycles. The third kappa shape index (κ3) is 2.29. The molecule has 0 aromatic carbocycles. The van der Waals surface area contributed by atoms with Crippen molar-refractivity contribution in [1.29, 1.82) is 0 Å². The van der Waals surface area contributed by atoms with Crippen molar-refractivity contribution in [1.82, 2.24) is 9.80 Å². The Kier molecular flexibility index (Phi) is 3.45. The molecule has 2 saturated heterocycles. The first kappa shape index (κ1) is 10.4. The lowest BCUT2D eigenvalue weighted by Crippen LogP contribution is -2.45. The highest BCUT2D eigenvalue weighted by atomic mass is 15.3. The molecule has 2 heteroatoms. The quantitative estimate of drug-likeness (QED) is 0.632. The van der Waals surface area contributed by atoms with E-state index < -0.39 is 0 Å². The standard InChI is InChI=1S/C12H24N2/c1-11(2)14-9-5-8-13-7-4-3-6-12(13)10-14/h11-12H,3-10H2,1-2H3. The second-order valence-electron chi connectivity index (χ2n) is 5.13. The van der Waals surface area contributed by atoms with Gasteiger partial charge in [0, 0.05) is 18.6 Å². The van der Waals surface area contributed by atoms with Gasteiger partial charge in [0.15, 0.2) is 0 Å². The molecule has 2 nitrogen and oxygen atoms in total. The maximum Gasteiger partial charge on any atom is 0.0223 e. The minimum Gasteiger partial charge on any atom is -0.299 e. The third-order valence-corrected chi connectivity index (χ3v) is 3.82. The Morgan fingerprint density at radius 3 is 2.57 bits per heavy atom. The van der Waals surface area contributed by atoms with Gasteiger partial charge in [-0.15, -0.1) is 0 Å². The fraction of sp³-hybridized carbons (Fsp3) is 1.00. The molecule has 1 unspecified atom stereocenters. The SMILES string of the molecule is CC(C)N1CCCN2CCCCC2C1. The Balaban J connectivity index is 1.96. The van der Waals surface area contributed by atoms with Crippen molar-refractivity contribution in [2.75, 3.05) is 26.2 Å². The molecule has 1 atom stereocenters. The monoisotopic (exact) mass is 196 g/mol. The second-order valence-corrected chi connectivity index (χ2v) is 5.13. The van der Waals surface area contributed by atoms with E-state index in [0.29, 0.717) is 0 Å². The van der Waals surface area contributed by atoms with E-state index in [2.05, 4.69) is 23.6 Å². The van der Waals surface area contributed by atoms with Crippen LogP contribution in [0.3, 0.4) is 0 Å². The van der Waals surface area contributed by atoms with Gasteiger partial charge in [0.05, 0.1) is 0 Å². The van der Waals surface area contributed by atoms with Crippen molar-refractivity contribution < 1.29 is 0 Å². The molecule has 0 radical (unpaired) electrons. The van der Waals surface area contributed by atoms with Gasteiger partial charge in [-0.25, -0.2) is 0 Å². The predicted molar refractivity (Wildman–Crippen MR) is 60.5 cm³/mol. The molecule has 2 rings (SSSR count). The van der Waals surface area contributed by atoms with Crippen LogP contribution in [0, 0.1) is 0 Å². The van der Waals surface area contributed by atoms with Crippen LogP contribution in [-0.4, -0.2) is 48.1 Å². The molecular weight excluding hydrogens is 172 g/mol. The van der Waals surface area contributed by atoms with Crippen molar-refractivity contribution in [2.24, 2.45) is 0 Å². The van der Waals surface area contributed by atoms with Gasteiger partial charge >= 0.3 is 0 Å². The van der Waals surface area contributed by atoms with Crippen LogP contribution in [-0.2, 0) is 0 Å². The molecule has 0 saturated carbocycles. The summed E-state index contributed by atoms with van der Waals surface area (Å²) in [5.74, 6) is 0. The lowest BCUT2D eigenvalue weighted by Gasteiger charge is -2.36. The minimum atomic E-state index is 0.733. The summed E-state index contributed by atoms with van der Waals surface area (Å²) in [5, 5.41) is 0. The van der Waals surface area contributed by atoms with E-state index in [1.54, 1.807) is 0 Å². The number of hydrogen-bond donors (Lipinski definition) is 0. The normalized spacial score (nSPS) is 31.5. The van der Waals surface area contributed by atoms with E-state index in [1.807, 2.05) is 0 Å². The summed E-state index contributed by atoms with van der Waals surface area (Å²) in [6.45, 7) is 9.99. The van der Waals surface area contributed by atoms with E-state index in [1.165, 1.54) is 51.9 Å². The fourth-order valence-corrected chi connectivity index (χ4v) is 2.87. The second kappa shape index (κ2) is 4.63. The van der Waals surface area contributed by atoms with Gasteiger partial charge in [0.1, 0.15) is 0 Å². The summed E-state index contributed by atoms with van der Waals surface area (Å²) in [6, 6.07) is 1.60. The van der Waals surface area contributed by atoms with E-state index >= 15 is 0 Å². The first-order valence-electron chi connectivity index (χ1n) is 6.25. The maximum absolute atomic E-state index is 2.73. The highest BCUT2D eigenvalue weighted by Crippen LogP contribution is 2.21. The first-order chi connectivity index (χ1) is 6.77. The van der Waals surface area contributed by atoms with Gasteiger partial charge < -0.3 is 0 Å². The molecule has 0 bridgehead atoms. The minimum absolute atomic E-state index is 0.733. The van der Waals surface area contributed by atoms with Crippen LogP contribution in [0.15, 0.2) is 0 Å². The summed E-state index contributed by atoms with van der Waals surface area (Å²) in [7, 11) is 0. The van der Waals surface area contributed by atoms with Crippen molar-refractivity contribution in [3.8, 4) is 0 Å². The molecule has 0 spiro atoms. The Morgan fingerprint density at radius 2 is 1.79 bits per heavy atom. The Bertz CT molecular complexity index is 179. The van der Waals surface area contributed by atoms with Gasteiger partial charge in [-0.2, -0.15) is 0 Å². The molecule has 0 aromatic heterocycles. The van der Waals surface area contributed by atoms with Crippen LogP contribution in [0.1, 0.15) is 39.5 Å². The van der Waals surface area contributed by atoms with Crippen molar-refractivity contribution >= 4 is 0 Å². The van der Waals surface area contributed by atoms with Gasteiger partial charge in [-0.05, 0) is 52.7 Å². The van der Waals surface area contributed by atoms with Gasteiger partial charge in [0.25, 0.3) is 0 Å². The van der Waals surface area contributed by atoms with Crippen LogP contribution in [0.25, 0.3) is 0 Å². The summed E-state index contributed by atoms with van der Waals surface area (Å²) < 4.78 is 0. The Labute approximate surface area is 88.3 Å². The summed E-state index contributed by atoms with van der Waals surface area (Å²) in [4.78, 5) is 5.39. The predicted octanol–water partition coefficient (Wildman–Crippen LogP) is 1.96. The number of nitrogens with zero attached hydrogens (tertiary/aromatic N) is 2. The number of rotatable bonds is 1. The summed E-state index contributed by atoms with van der Waals surface area (Å²) >= 11 is 0. The molecule has 82 valence electrons. The topological polar surface area (TPSA) is 6.48 Å². The molecular formula is C12H24N2. The Morgan fingerprint density at radius 1 is 1.00 bits per heavy atom. The molecule has 2 fully saturated rings. The smallest absolute Gasteiger partial charge is 0.0223 e. The first-order valence-corrected chi connectivity index (χ1v) is 6.25. The summed E-state index contributed by atoms with van der Waals surface area (Å²) in [5.41, 5.74) is 0. The number of fused-ring (bicyclic) bond motifs is 1. The van der Waals surface area contributed by atoms with Crippen LogP contribution in [0.4, 0.5) is 0 Å². The molecule has 0 aromatic rings. The molecule has 2 heterocycles. The van der Waals surface area contributed by atoms with Gasteiger partial charge in [-0.1, -0.05) is 6.42 Å². The third-order valence-electron chi connectivity index (χ3n) is 3.82. The average Bonchev–Trinajstić information content (AvgIpc) is 2.39. The van der Waals surface area contributed by atoms with E-state index in [0.717, 1.165) is 12.1 Å². The van der Waals surface area contributed by atoms with Crippen molar-refractivity contribution in [2.45, 2.75) is 51.6 Å². The summed E-state index contributed by atoms with van der Waals surface area (Å²) in [6.07, 6.45) is 5.68. The zero-order valence-corrected chi connectivity index (χ0v) is 9.71. The zero-order chi connectivity index (χ0) is 9.97. The number of hydrogen-bond acceptors (Lipinski definition) is 2. The molecule has 2 aliphatic rings. The highest BCUT2D eigenvalue weighted by molar-refractivity contribution is 4.84. The van der Waals surface area contributed by atoms with Crippen LogP contribution >= 0.6 is 0 Å².